The lowest BCUT2D eigenvalue weighted by Crippen LogP contribution is -2.45. The Morgan fingerprint density at radius 3 is 2.53 bits per heavy atom. The summed E-state index contributed by atoms with van der Waals surface area (Å²) in [7, 11) is 0. The number of hydrogen-bond acceptors (Lipinski definition) is 5. The predicted octanol–water partition coefficient (Wildman–Crippen LogP) is 0.975. The maximum atomic E-state index is 11.0. The molecular weight excluding hydrogens is 246 g/mol. The van der Waals surface area contributed by atoms with E-state index in [1.54, 1.807) is 6.92 Å². The lowest BCUT2D eigenvalue weighted by molar-refractivity contribution is 0.0695. The third kappa shape index (κ3) is 2.06. The summed E-state index contributed by atoms with van der Waals surface area (Å²) in [5, 5.41) is 18.8. The number of aromatic carboxylic acids is 1. The molecule has 2 N–H and O–H groups in total. The maximum Gasteiger partial charge on any atom is 0.339 e. The van der Waals surface area contributed by atoms with Gasteiger partial charge in [0.25, 0.3) is 0 Å². The van der Waals surface area contributed by atoms with Gasteiger partial charge in [0.05, 0.1) is 17.4 Å². The van der Waals surface area contributed by atoms with Gasteiger partial charge < -0.3 is 15.1 Å². The van der Waals surface area contributed by atoms with Crippen molar-refractivity contribution >= 4 is 11.9 Å². The molecule has 6 heteroatoms. The summed E-state index contributed by atoms with van der Waals surface area (Å²) in [5.74, 6) is -0.400. The minimum absolute atomic E-state index is 0.146. The monoisotopic (exact) mass is 263 g/mol. The van der Waals surface area contributed by atoms with Gasteiger partial charge in [0.1, 0.15) is 0 Å². The Bertz CT molecular complexity index is 506. The summed E-state index contributed by atoms with van der Waals surface area (Å²) in [5.41, 5.74) is 0.635. The van der Waals surface area contributed by atoms with Crippen LogP contribution in [0.3, 0.4) is 0 Å². The highest BCUT2D eigenvalue weighted by molar-refractivity contribution is 5.88. The van der Waals surface area contributed by atoms with Crippen molar-refractivity contribution in [2.45, 2.75) is 50.8 Å². The minimum atomic E-state index is -0.999. The van der Waals surface area contributed by atoms with Crippen LogP contribution in [0.15, 0.2) is 6.20 Å². The zero-order valence-electron chi connectivity index (χ0n) is 10.8. The van der Waals surface area contributed by atoms with Gasteiger partial charge in [0.15, 0.2) is 0 Å². The topological polar surface area (TPSA) is 86.5 Å². The maximum absolute atomic E-state index is 11.0. The van der Waals surface area contributed by atoms with Crippen LogP contribution in [-0.2, 0) is 0 Å². The van der Waals surface area contributed by atoms with E-state index < -0.39 is 5.97 Å². The third-order valence-corrected chi connectivity index (χ3v) is 4.14. The predicted molar refractivity (Wildman–Crippen MR) is 68.3 cm³/mol. The number of piperidine rings is 1. The highest BCUT2D eigenvalue weighted by Crippen LogP contribution is 2.37. The van der Waals surface area contributed by atoms with Crippen molar-refractivity contribution in [3.8, 4) is 0 Å². The number of fused-ring (bicyclic) bond motifs is 2. The van der Waals surface area contributed by atoms with Crippen molar-refractivity contribution in [1.82, 2.24) is 9.97 Å². The third-order valence-electron chi connectivity index (χ3n) is 4.14. The Labute approximate surface area is 111 Å². The number of carboxylic acids is 1. The average Bonchev–Trinajstić information content (AvgIpc) is 2.61. The second-order valence-corrected chi connectivity index (χ2v) is 5.39. The van der Waals surface area contributed by atoms with E-state index in [-0.39, 0.29) is 23.8 Å². The Morgan fingerprint density at radius 2 is 2.00 bits per heavy atom. The lowest BCUT2D eigenvalue weighted by Gasteiger charge is -2.37. The lowest BCUT2D eigenvalue weighted by atomic mass is 10.0. The van der Waals surface area contributed by atoms with E-state index in [0.29, 0.717) is 11.6 Å². The quantitative estimate of drug-likeness (QED) is 0.827. The summed E-state index contributed by atoms with van der Waals surface area (Å²) in [6.07, 6.45) is 4.74. The fourth-order valence-electron chi connectivity index (χ4n) is 3.26. The molecule has 1 aromatic heterocycles. The highest BCUT2D eigenvalue weighted by Gasteiger charge is 2.41. The Balaban J connectivity index is 1.91. The number of carboxylic acid groups (broad SMARTS) is 1. The number of nitrogens with zero attached hydrogens (tertiary/aromatic N) is 3. The van der Waals surface area contributed by atoms with Crippen molar-refractivity contribution in [2.24, 2.45) is 0 Å². The number of hydrogen-bond donors (Lipinski definition) is 2. The molecule has 2 fully saturated rings. The number of aliphatic hydroxyl groups is 1. The van der Waals surface area contributed by atoms with Crippen LogP contribution in [0.25, 0.3) is 0 Å². The molecule has 0 aliphatic carbocycles. The molecular formula is C13H17N3O3. The standard InChI is InChI=1S/C13H17N3O3/c1-7-11(12(18)19)6-14-13(15-7)16-8-2-3-9(16)5-10(17)4-8/h6,8-10,17H,2-5H2,1H3,(H,18,19). The molecule has 0 amide bonds. The summed E-state index contributed by atoms with van der Waals surface area (Å²) in [6.45, 7) is 1.69. The van der Waals surface area contributed by atoms with Gasteiger partial charge in [-0.05, 0) is 32.6 Å². The normalized spacial score (nSPS) is 29.6. The Kier molecular flexibility index (Phi) is 2.89. The number of aliphatic hydroxyl groups excluding tert-OH is 1. The molecule has 2 bridgehead atoms. The van der Waals surface area contributed by atoms with Crippen molar-refractivity contribution in [1.29, 1.82) is 0 Å². The molecule has 102 valence electrons. The molecule has 0 radical (unpaired) electrons. The van der Waals surface area contributed by atoms with E-state index in [1.165, 1.54) is 6.20 Å². The second kappa shape index (κ2) is 4.45. The molecule has 3 heterocycles. The van der Waals surface area contributed by atoms with Crippen LogP contribution in [0, 0.1) is 6.92 Å². The summed E-state index contributed by atoms with van der Waals surface area (Å²) >= 11 is 0. The van der Waals surface area contributed by atoms with E-state index in [0.717, 1.165) is 25.7 Å². The number of anilines is 1. The van der Waals surface area contributed by atoms with E-state index in [4.69, 9.17) is 5.11 Å². The first kappa shape index (κ1) is 12.3. The molecule has 0 aromatic carbocycles. The molecule has 0 spiro atoms. The zero-order chi connectivity index (χ0) is 13.6. The molecule has 2 saturated heterocycles. The summed E-state index contributed by atoms with van der Waals surface area (Å²) in [4.78, 5) is 21.7. The molecule has 0 saturated carbocycles. The summed E-state index contributed by atoms with van der Waals surface area (Å²) in [6, 6.07) is 0.563. The number of rotatable bonds is 2. The van der Waals surface area contributed by atoms with E-state index >= 15 is 0 Å². The van der Waals surface area contributed by atoms with Gasteiger partial charge in [-0.2, -0.15) is 0 Å². The first-order valence-corrected chi connectivity index (χ1v) is 6.59. The van der Waals surface area contributed by atoms with Crippen LogP contribution in [-0.4, -0.2) is 44.3 Å². The molecule has 2 atom stereocenters. The number of carbonyl (C=O) groups is 1. The summed E-state index contributed by atoms with van der Waals surface area (Å²) < 4.78 is 0. The molecule has 2 aliphatic heterocycles. The van der Waals surface area contributed by atoms with E-state index in [2.05, 4.69) is 14.9 Å². The second-order valence-electron chi connectivity index (χ2n) is 5.39. The highest BCUT2D eigenvalue weighted by atomic mass is 16.4. The molecule has 6 nitrogen and oxygen atoms in total. The number of aryl methyl sites for hydroxylation is 1. The van der Waals surface area contributed by atoms with Gasteiger partial charge in [0.2, 0.25) is 5.95 Å². The fourth-order valence-corrected chi connectivity index (χ4v) is 3.26. The van der Waals surface area contributed by atoms with Gasteiger partial charge in [-0.3, -0.25) is 0 Å². The van der Waals surface area contributed by atoms with E-state index in [1.807, 2.05) is 0 Å². The van der Waals surface area contributed by atoms with Crippen LogP contribution in [0.1, 0.15) is 41.7 Å². The van der Waals surface area contributed by atoms with Gasteiger partial charge in [0, 0.05) is 18.3 Å². The van der Waals surface area contributed by atoms with Gasteiger partial charge >= 0.3 is 5.97 Å². The molecule has 19 heavy (non-hydrogen) atoms. The largest absolute Gasteiger partial charge is 0.478 e. The molecule has 2 unspecified atom stereocenters. The first-order valence-electron chi connectivity index (χ1n) is 6.59. The average molecular weight is 263 g/mol. The molecule has 3 rings (SSSR count). The van der Waals surface area contributed by atoms with Gasteiger partial charge in [-0.15, -0.1) is 0 Å². The van der Waals surface area contributed by atoms with Crippen molar-refractivity contribution in [3.05, 3.63) is 17.5 Å². The van der Waals surface area contributed by atoms with Crippen molar-refractivity contribution in [3.63, 3.8) is 0 Å². The van der Waals surface area contributed by atoms with Crippen molar-refractivity contribution in [2.75, 3.05) is 4.90 Å². The van der Waals surface area contributed by atoms with Crippen LogP contribution in [0.5, 0.6) is 0 Å². The number of aromatic nitrogens is 2. The van der Waals surface area contributed by atoms with Crippen molar-refractivity contribution < 1.29 is 15.0 Å². The van der Waals surface area contributed by atoms with Gasteiger partial charge in [-0.25, -0.2) is 14.8 Å². The minimum Gasteiger partial charge on any atom is -0.478 e. The van der Waals surface area contributed by atoms with Crippen LogP contribution in [0.4, 0.5) is 5.95 Å². The van der Waals surface area contributed by atoms with E-state index in [9.17, 15) is 9.90 Å². The smallest absolute Gasteiger partial charge is 0.339 e. The van der Waals surface area contributed by atoms with Crippen LogP contribution >= 0.6 is 0 Å². The van der Waals surface area contributed by atoms with Crippen LogP contribution in [0.2, 0.25) is 0 Å². The first-order chi connectivity index (χ1) is 9.06. The molecule has 2 aliphatic rings. The SMILES string of the molecule is Cc1nc(N2C3CCC2CC(O)C3)ncc1C(=O)O. The fraction of sp³-hybridized carbons (Fsp3) is 0.615. The van der Waals surface area contributed by atoms with Gasteiger partial charge in [-0.1, -0.05) is 0 Å². The zero-order valence-corrected chi connectivity index (χ0v) is 10.8. The Hall–Kier alpha value is -1.69. The Morgan fingerprint density at radius 1 is 1.37 bits per heavy atom. The van der Waals surface area contributed by atoms with Crippen LogP contribution < -0.4 is 4.90 Å². The molecule has 1 aromatic rings.